The summed E-state index contributed by atoms with van der Waals surface area (Å²) in [7, 11) is 0. The number of carbonyl (C=O) groups excluding carboxylic acids is 1. The molecule has 0 spiro atoms. The number of aromatic nitrogens is 2. The van der Waals surface area contributed by atoms with Crippen LogP contribution >= 0.6 is 11.6 Å². The van der Waals surface area contributed by atoms with Gasteiger partial charge in [0.1, 0.15) is 11.6 Å². The van der Waals surface area contributed by atoms with Crippen LogP contribution in [0.15, 0.2) is 54.9 Å². The van der Waals surface area contributed by atoms with Gasteiger partial charge in [-0.2, -0.15) is 0 Å². The van der Waals surface area contributed by atoms with Crippen molar-refractivity contribution in [3.63, 3.8) is 0 Å². The Bertz CT molecular complexity index is 874. The number of hydrogen-bond donors (Lipinski definition) is 1. The van der Waals surface area contributed by atoms with Crippen molar-refractivity contribution in [2.75, 3.05) is 5.32 Å². The Balaban J connectivity index is 1.71. The van der Waals surface area contributed by atoms with Crippen molar-refractivity contribution in [3.8, 4) is 0 Å². The summed E-state index contributed by atoms with van der Waals surface area (Å²) in [5, 5.41) is 2.98. The van der Waals surface area contributed by atoms with Gasteiger partial charge in [0.25, 0.3) is 5.91 Å². The zero-order chi connectivity index (χ0) is 17.1. The highest BCUT2D eigenvalue weighted by atomic mass is 35.5. The van der Waals surface area contributed by atoms with E-state index in [4.69, 9.17) is 11.6 Å². The van der Waals surface area contributed by atoms with Gasteiger partial charge in [-0.05, 0) is 42.8 Å². The Morgan fingerprint density at radius 2 is 2.00 bits per heavy atom. The van der Waals surface area contributed by atoms with Crippen LogP contribution in [-0.4, -0.2) is 15.5 Å². The van der Waals surface area contributed by atoms with Gasteiger partial charge in [0.05, 0.1) is 5.56 Å². The Labute approximate surface area is 143 Å². The Hall–Kier alpha value is -2.66. The molecule has 6 heteroatoms. The molecule has 2 aromatic carbocycles. The standard InChI is InChI=1S/C18H15ClFN3O/c1-12-21-8-9-23(12)11-13-2-5-15(6-3-13)22-18(24)16-10-14(19)4-7-17(16)20/h2-10H,11H2,1H3,(H,22,24). The van der Waals surface area contributed by atoms with Gasteiger partial charge >= 0.3 is 0 Å². The lowest BCUT2D eigenvalue weighted by molar-refractivity contribution is 0.102. The maximum absolute atomic E-state index is 13.7. The predicted octanol–water partition coefficient (Wildman–Crippen LogP) is 4.28. The van der Waals surface area contributed by atoms with Crippen LogP contribution < -0.4 is 5.32 Å². The van der Waals surface area contributed by atoms with E-state index < -0.39 is 11.7 Å². The molecule has 0 unspecified atom stereocenters. The van der Waals surface area contributed by atoms with Crippen molar-refractivity contribution >= 4 is 23.2 Å². The molecule has 0 aliphatic carbocycles. The summed E-state index contributed by atoms with van der Waals surface area (Å²) in [4.78, 5) is 16.3. The van der Waals surface area contributed by atoms with Gasteiger partial charge in [0.15, 0.2) is 0 Å². The SMILES string of the molecule is Cc1nccn1Cc1ccc(NC(=O)c2cc(Cl)ccc2F)cc1. The summed E-state index contributed by atoms with van der Waals surface area (Å²) in [5.41, 5.74) is 1.58. The summed E-state index contributed by atoms with van der Waals surface area (Å²) in [6.45, 7) is 2.64. The summed E-state index contributed by atoms with van der Waals surface area (Å²) >= 11 is 5.81. The van der Waals surface area contributed by atoms with E-state index >= 15 is 0 Å². The molecule has 122 valence electrons. The van der Waals surface area contributed by atoms with Crippen LogP contribution in [0.25, 0.3) is 0 Å². The number of halogens is 2. The van der Waals surface area contributed by atoms with E-state index in [0.717, 1.165) is 11.4 Å². The highest BCUT2D eigenvalue weighted by Gasteiger charge is 2.12. The molecule has 0 bridgehead atoms. The Morgan fingerprint density at radius 1 is 1.25 bits per heavy atom. The van der Waals surface area contributed by atoms with Gasteiger partial charge < -0.3 is 9.88 Å². The van der Waals surface area contributed by atoms with Gasteiger partial charge in [-0.3, -0.25) is 4.79 Å². The highest BCUT2D eigenvalue weighted by Crippen LogP contribution is 2.17. The second kappa shape index (κ2) is 6.84. The minimum atomic E-state index is -0.607. The van der Waals surface area contributed by atoms with Gasteiger partial charge in [0, 0.05) is 29.6 Å². The topological polar surface area (TPSA) is 46.9 Å². The number of anilines is 1. The van der Waals surface area contributed by atoms with Crippen LogP contribution in [0.5, 0.6) is 0 Å². The summed E-state index contributed by atoms with van der Waals surface area (Å²) in [6, 6.07) is 11.3. The minimum absolute atomic E-state index is 0.0828. The highest BCUT2D eigenvalue weighted by molar-refractivity contribution is 6.31. The van der Waals surface area contributed by atoms with Gasteiger partial charge in [-0.1, -0.05) is 23.7 Å². The minimum Gasteiger partial charge on any atom is -0.331 e. The summed E-state index contributed by atoms with van der Waals surface area (Å²) in [6.07, 6.45) is 3.66. The fourth-order valence-electron chi connectivity index (χ4n) is 2.33. The molecular weight excluding hydrogens is 329 g/mol. The molecule has 0 aliphatic rings. The summed E-state index contributed by atoms with van der Waals surface area (Å²) < 4.78 is 15.7. The molecular formula is C18H15ClFN3O. The second-order valence-electron chi connectivity index (χ2n) is 5.38. The number of amides is 1. The molecule has 1 N–H and O–H groups in total. The van der Waals surface area contributed by atoms with Crippen LogP contribution in [0.1, 0.15) is 21.7 Å². The first kappa shape index (κ1) is 16.2. The van der Waals surface area contributed by atoms with E-state index in [1.807, 2.05) is 29.8 Å². The van der Waals surface area contributed by atoms with Crippen LogP contribution in [0.4, 0.5) is 10.1 Å². The van der Waals surface area contributed by atoms with Gasteiger partial charge in [-0.25, -0.2) is 9.37 Å². The third-order valence-corrected chi connectivity index (χ3v) is 3.90. The Morgan fingerprint density at radius 3 is 2.67 bits per heavy atom. The molecule has 3 aromatic rings. The second-order valence-corrected chi connectivity index (χ2v) is 5.81. The maximum atomic E-state index is 13.7. The first-order chi connectivity index (χ1) is 11.5. The average Bonchev–Trinajstić information content (AvgIpc) is 2.96. The number of carbonyl (C=O) groups is 1. The lowest BCUT2D eigenvalue weighted by Gasteiger charge is -2.09. The van der Waals surface area contributed by atoms with Crippen molar-refractivity contribution in [3.05, 3.63) is 82.6 Å². The third kappa shape index (κ3) is 3.63. The molecule has 0 atom stereocenters. The summed E-state index contributed by atoms with van der Waals surface area (Å²) in [5.74, 6) is -0.207. The molecule has 24 heavy (non-hydrogen) atoms. The van der Waals surface area contributed by atoms with Crippen LogP contribution in [0.3, 0.4) is 0 Å². The quantitative estimate of drug-likeness (QED) is 0.768. The first-order valence-electron chi connectivity index (χ1n) is 7.36. The van der Waals surface area contributed by atoms with E-state index in [1.165, 1.54) is 18.2 Å². The van der Waals surface area contributed by atoms with Crippen molar-refractivity contribution in [2.24, 2.45) is 0 Å². The van der Waals surface area contributed by atoms with Crippen LogP contribution in [0.2, 0.25) is 5.02 Å². The van der Waals surface area contributed by atoms with Crippen molar-refractivity contribution in [2.45, 2.75) is 13.5 Å². The lowest BCUT2D eigenvalue weighted by atomic mass is 10.1. The monoisotopic (exact) mass is 343 g/mol. The molecule has 1 aromatic heterocycles. The molecule has 0 saturated heterocycles. The van der Waals surface area contributed by atoms with Crippen LogP contribution in [-0.2, 0) is 6.54 Å². The molecule has 0 radical (unpaired) electrons. The fraction of sp³-hybridized carbons (Fsp3) is 0.111. The molecule has 1 amide bonds. The number of rotatable bonds is 4. The van der Waals surface area contributed by atoms with Crippen molar-refractivity contribution < 1.29 is 9.18 Å². The maximum Gasteiger partial charge on any atom is 0.258 e. The first-order valence-corrected chi connectivity index (χ1v) is 7.74. The fourth-order valence-corrected chi connectivity index (χ4v) is 2.50. The van der Waals surface area contributed by atoms with Crippen LogP contribution in [0, 0.1) is 12.7 Å². The molecule has 3 rings (SSSR count). The average molecular weight is 344 g/mol. The number of imidazole rings is 1. The normalized spacial score (nSPS) is 10.6. The van der Waals surface area contributed by atoms with Gasteiger partial charge in [-0.15, -0.1) is 0 Å². The number of nitrogens with one attached hydrogen (secondary N) is 1. The zero-order valence-electron chi connectivity index (χ0n) is 13.0. The predicted molar refractivity (Wildman–Crippen MR) is 91.9 cm³/mol. The van der Waals surface area contributed by atoms with E-state index in [9.17, 15) is 9.18 Å². The van der Waals surface area contributed by atoms with Gasteiger partial charge in [0.2, 0.25) is 0 Å². The molecule has 0 saturated carbocycles. The van der Waals surface area contributed by atoms with E-state index in [1.54, 1.807) is 18.3 Å². The smallest absolute Gasteiger partial charge is 0.258 e. The largest absolute Gasteiger partial charge is 0.331 e. The van der Waals surface area contributed by atoms with E-state index in [2.05, 4.69) is 10.3 Å². The number of aryl methyl sites for hydroxylation is 1. The molecule has 0 fully saturated rings. The zero-order valence-corrected chi connectivity index (χ0v) is 13.7. The molecule has 0 aliphatic heterocycles. The lowest BCUT2D eigenvalue weighted by Crippen LogP contribution is -2.13. The number of hydrogen-bond acceptors (Lipinski definition) is 2. The number of nitrogens with zero attached hydrogens (tertiary/aromatic N) is 2. The van der Waals surface area contributed by atoms with Crippen molar-refractivity contribution in [1.29, 1.82) is 0 Å². The van der Waals surface area contributed by atoms with Crippen molar-refractivity contribution in [1.82, 2.24) is 9.55 Å². The Kier molecular flexibility index (Phi) is 4.62. The third-order valence-electron chi connectivity index (χ3n) is 3.66. The number of benzene rings is 2. The molecule has 4 nitrogen and oxygen atoms in total. The molecule has 1 heterocycles. The van der Waals surface area contributed by atoms with E-state index in [0.29, 0.717) is 17.3 Å². The van der Waals surface area contributed by atoms with E-state index in [-0.39, 0.29) is 5.56 Å².